The standard InChI is InChI=1S/C45H30N2O/c1-3-13-34(14-4-1)45-46-44-41-20-10-9-19-40(41)42(30-43(44)48-45)33-24-28-37(29-25-33)47(35-16-5-2-6-17-35)36-26-22-32(23-27-36)39-21-11-15-31-12-7-8-18-38(31)39/h1-30H. The molecule has 1 heterocycles. The Morgan fingerprint density at radius 3 is 1.65 bits per heavy atom. The van der Waals surface area contributed by atoms with Gasteiger partial charge in [-0.15, -0.1) is 0 Å². The first-order valence-electron chi connectivity index (χ1n) is 16.2. The molecule has 0 saturated carbocycles. The van der Waals surface area contributed by atoms with Gasteiger partial charge in [-0.1, -0.05) is 127 Å². The van der Waals surface area contributed by atoms with Crippen LogP contribution < -0.4 is 4.90 Å². The van der Waals surface area contributed by atoms with Gasteiger partial charge < -0.3 is 9.32 Å². The zero-order valence-corrected chi connectivity index (χ0v) is 26.1. The van der Waals surface area contributed by atoms with Gasteiger partial charge in [0.2, 0.25) is 5.89 Å². The van der Waals surface area contributed by atoms with E-state index in [-0.39, 0.29) is 0 Å². The van der Waals surface area contributed by atoms with Crippen molar-refractivity contribution in [1.82, 2.24) is 4.98 Å². The van der Waals surface area contributed by atoms with Gasteiger partial charge in [0.15, 0.2) is 5.58 Å². The van der Waals surface area contributed by atoms with Crippen molar-refractivity contribution in [2.45, 2.75) is 0 Å². The molecule has 1 aromatic heterocycles. The van der Waals surface area contributed by atoms with Crippen LogP contribution in [0.1, 0.15) is 0 Å². The van der Waals surface area contributed by atoms with Crippen molar-refractivity contribution in [2.75, 3.05) is 4.90 Å². The average molecular weight is 615 g/mol. The maximum absolute atomic E-state index is 6.35. The fourth-order valence-corrected chi connectivity index (χ4v) is 6.78. The number of oxazole rings is 1. The number of para-hydroxylation sites is 1. The van der Waals surface area contributed by atoms with Gasteiger partial charge in [0.25, 0.3) is 0 Å². The zero-order valence-electron chi connectivity index (χ0n) is 26.1. The van der Waals surface area contributed by atoms with E-state index >= 15 is 0 Å². The molecule has 0 aliphatic rings. The summed E-state index contributed by atoms with van der Waals surface area (Å²) < 4.78 is 6.35. The average Bonchev–Trinajstić information content (AvgIpc) is 3.61. The van der Waals surface area contributed by atoms with E-state index in [0.29, 0.717) is 5.89 Å². The van der Waals surface area contributed by atoms with Crippen LogP contribution in [-0.4, -0.2) is 4.98 Å². The smallest absolute Gasteiger partial charge is 0.227 e. The molecule has 0 bridgehead atoms. The minimum absolute atomic E-state index is 0.633. The Kier molecular flexibility index (Phi) is 6.80. The fraction of sp³-hybridized carbons (Fsp3) is 0. The van der Waals surface area contributed by atoms with Crippen LogP contribution in [0.25, 0.3) is 66.4 Å². The van der Waals surface area contributed by atoms with Crippen molar-refractivity contribution in [3.8, 4) is 33.7 Å². The monoisotopic (exact) mass is 614 g/mol. The number of benzene rings is 8. The highest BCUT2D eigenvalue weighted by Gasteiger charge is 2.17. The van der Waals surface area contributed by atoms with Gasteiger partial charge in [-0.05, 0) is 93.0 Å². The largest absolute Gasteiger partial charge is 0.436 e. The Bertz CT molecular complexity index is 2530. The van der Waals surface area contributed by atoms with Crippen LogP contribution in [0.5, 0.6) is 0 Å². The lowest BCUT2D eigenvalue weighted by molar-refractivity contribution is 0.620. The van der Waals surface area contributed by atoms with Crippen LogP contribution in [0.15, 0.2) is 186 Å². The molecular weight excluding hydrogens is 585 g/mol. The van der Waals surface area contributed by atoms with Gasteiger partial charge in [0.1, 0.15) is 5.52 Å². The number of aromatic nitrogens is 1. The van der Waals surface area contributed by atoms with Gasteiger partial charge in [-0.25, -0.2) is 4.98 Å². The van der Waals surface area contributed by atoms with Crippen LogP contribution in [-0.2, 0) is 0 Å². The Hall–Kier alpha value is -6.45. The van der Waals surface area contributed by atoms with E-state index in [4.69, 9.17) is 9.40 Å². The molecule has 0 spiro atoms. The quantitative estimate of drug-likeness (QED) is 0.187. The second kappa shape index (κ2) is 11.7. The van der Waals surface area contributed by atoms with Crippen molar-refractivity contribution >= 4 is 49.7 Å². The summed E-state index contributed by atoms with van der Waals surface area (Å²) in [5.41, 5.74) is 10.6. The summed E-state index contributed by atoms with van der Waals surface area (Å²) in [6, 6.07) is 64.0. The van der Waals surface area contributed by atoms with Gasteiger partial charge in [0, 0.05) is 28.0 Å². The number of rotatable bonds is 6. The van der Waals surface area contributed by atoms with E-state index in [1.165, 1.54) is 21.9 Å². The summed E-state index contributed by atoms with van der Waals surface area (Å²) in [6.07, 6.45) is 0. The normalized spacial score (nSPS) is 11.3. The minimum atomic E-state index is 0.633. The third-order valence-electron chi connectivity index (χ3n) is 9.10. The van der Waals surface area contributed by atoms with E-state index in [1.54, 1.807) is 0 Å². The van der Waals surface area contributed by atoms with Crippen LogP contribution in [0.3, 0.4) is 0 Å². The molecule has 0 saturated heterocycles. The molecule has 0 radical (unpaired) electrons. The van der Waals surface area contributed by atoms with E-state index in [9.17, 15) is 0 Å². The third-order valence-corrected chi connectivity index (χ3v) is 9.10. The zero-order chi connectivity index (χ0) is 31.9. The molecule has 48 heavy (non-hydrogen) atoms. The first kappa shape index (κ1) is 27.8. The highest BCUT2D eigenvalue weighted by atomic mass is 16.3. The Labute approximate surface area is 279 Å². The van der Waals surface area contributed by atoms with Crippen LogP contribution in [0.4, 0.5) is 17.1 Å². The predicted molar refractivity (Wildman–Crippen MR) is 200 cm³/mol. The summed E-state index contributed by atoms with van der Waals surface area (Å²) in [5, 5.41) is 4.74. The minimum Gasteiger partial charge on any atom is -0.436 e. The van der Waals surface area contributed by atoms with Gasteiger partial charge >= 0.3 is 0 Å². The Morgan fingerprint density at radius 1 is 0.396 bits per heavy atom. The van der Waals surface area contributed by atoms with Crippen molar-refractivity contribution in [1.29, 1.82) is 0 Å². The molecule has 3 nitrogen and oxygen atoms in total. The number of anilines is 3. The molecule has 0 amide bonds. The molecule has 0 N–H and O–H groups in total. The molecule has 0 fully saturated rings. The Balaban J connectivity index is 1.11. The molecular formula is C45H30N2O. The van der Waals surface area contributed by atoms with Crippen molar-refractivity contribution in [2.24, 2.45) is 0 Å². The fourth-order valence-electron chi connectivity index (χ4n) is 6.78. The lowest BCUT2D eigenvalue weighted by Crippen LogP contribution is -2.09. The van der Waals surface area contributed by atoms with E-state index < -0.39 is 0 Å². The van der Waals surface area contributed by atoms with Gasteiger partial charge in [0.05, 0.1) is 0 Å². The summed E-state index contributed by atoms with van der Waals surface area (Å²) >= 11 is 0. The maximum atomic E-state index is 6.35. The highest BCUT2D eigenvalue weighted by molar-refractivity contribution is 6.11. The lowest BCUT2D eigenvalue weighted by atomic mass is 9.96. The summed E-state index contributed by atoms with van der Waals surface area (Å²) in [6.45, 7) is 0. The Morgan fingerprint density at radius 2 is 0.938 bits per heavy atom. The van der Waals surface area contributed by atoms with Crippen molar-refractivity contribution in [3.05, 3.63) is 182 Å². The van der Waals surface area contributed by atoms with Crippen LogP contribution in [0.2, 0.25) is 0 Å². The first-order valence-corrected chi connectivity index (χ1v) is 16.2. The van der Waals surface area contributed by atoms with E-state index in [1.807, 2.05) is 30.3 Å². The van der Waals surface area contributed by atoms with Crippen LogP contribution in [0, 0.1) is 0 Å². The van der Waals surface area contributed by atoms with Crippen molar-refractivity contribution in [3.63, 3.8) is 0 Å². The molecule has 226 valence electrons. The van der Waals surface area contributed by atoms with Crippen LogP contribution >= 0.6 is 0 Å². The van der Waals surface area contributed by atoms with E-state index in [2.05, 4.69) is 157 Å². The second-order valence-electron chi connectivity index (χ2n) is 12.0. The number of hydrogen-bond donors (Lipinski definition) is 0. The lowest BCUT2D eigenvalue weighted by Gasteiger charge is -2.26. The third kappa shape index (κ3) is 4.90. The summed E-state index contributed by atoms with van der Waals surface area (Å²) in [5.74, 6) is 0.633. The second-order valence-corrected chi connectivity index (χ2v) is 12.0. The number of nitrogens with zero attached hydrogens (tertiary/aromatic N) is 2. The molecule has 9 rings (SSSR count). The number of fused-ring (bicyclic) bond motifs is 4. The number of hydrogen-bond acceptors (Lipinski definition) is 3. The van der Waals surface area contributed by atoms with Gasteiger partial charge in [-0.2, -0.15) is 0 Å². The summed E-state index contributed by atoms with van der Waals surface area (Å²) in [4.78, 5) is 7.22. The first-order chi connectivity index (χ1) is 23.8. The maximum Gasteiger partial charge on any atom is 0.227 e. The van der Waals surface area contributed by atoms with Gasteiger partial charge in [-0.3, -0.25) is 0 Å². The predicted octanol–water partition coefficient (Wildman–Crippen LogP) is 12.6. The molecule has 3 heteroatoms. The van der Waals surface area contributed by atoms with E-state index in [0.717, 1.165) is 55.6 Å². The summed E-state index contributed by atoms with van der Waals surface area (Å²) in [7, 11) is 0. The molecule has 0 atom stereocenters. The molecule has 0 unspecified atom stereocenters. The molecule has 8 aromatic carbocycles. The SMILES string of the molecule is c1ccc(-c2nc3c(cc(-c4ccc(N(c5ccccc5)c5ccc(-c6cccc7ccccc67)cc5)cc4)c4ccccc43)o2)cc1. The molecule has 0 aliphatic carbocycles. The molecule has 0 aliphatic heterocycles. The highest BCUT2D eigenvalue weighted by Crippen LogP contribution is 2.40. The molecule has 9 aromatic rings. The van der Waals surface area contributed by atoms with Crippen molar-refractivity contribution < 1.29 is 4.42 Å². The topological polar surface area (TPSA) is 29.3 Å².